The fourth-order valence-corrected chi connectivity index (χ4v) is 5.86. The highest BCUT2D eigenvalue weighted by Gasteiger charge is 2.21. The Morgan fingerprint density at radius 1 is 0.675 bits per heavy atom. The second kappa shape index (κ2) is 7.94. The van der Waals surface area contributed by atoms with Gasteiger partial charge in [-0.05, 0) is 54.6 Å². The summed E-state index contributed by atoms with van der Waals surface area (Å²) in [6.45, 7) is 0. The molecule has 0 amide bonds. The van der Waals surface area contributed by atoms with Crippen molar-refractivity contribution < 1.29 is 9.30 Å². The molecule has 188 valence electrons. The van der Waals surface area contributed by atoms with Crippen molar-refractivity contribution in [2.75, 3.05) is 0 Å². The predicted octanol–water partition coefficient (Wildman–Crippen LogP) is 7.07. The van der Waals surface area contributed by atoms with Gasteiger partial charge >= 0.3 is 0 Å². The quantitative estimate of drug-likeness (QED) is 0.160. The third-order valence-electron chi connectivity index (χ3n) is 7.64. The Morgan fingerprint density at radius 3 is 2.35 bits per heavy atom. The number of benzene rings is 5. The topological polar surface area (TPSA) is 40.3 Å². The van der Waals surface area contributed by atoms with Gasteiger partial charge in [-0.1, -0.05) is 66.7 Å². The van der Waals surface area contributed by atoms with E-state index in [-0.39, 0.29) is 0 Å². The van der Waals surface area contributed by atoms with Crippen molar-refractivity contribution >= 4 is 27.8 Å². The third kappa shape index (κ3) is 2.98. The Hall–Kier alpha value is -5.62. The van der Waals surface area contributed by atoms with Crippen LogP contribution in [0.5, 0.6) is 11.5 Å². The van der Waals surface area contributed by atoms with Gasteiger partial charge in [0.25, 0.3) is 6.33 Å². The Morgan fingerprint density at radius 2 is 1.43 bits per heavy atom. The normalized spacial score (nSPS) is 12.2. The Bertz CT molecular complexity index is 2270. The zero-order valence-corrected chi connectivity index (χ0v) is 21.3. The lowest BCUT2D eigenvalue weighted by molar-refractivity contribution is -0.572. The monoisotopic (exact) mass is 515 g/mol. The molecule has 6 heteroatoms. The highest BCUT2D eigenvalue weighted by atomic mass is 16.5. The molecule has 4 heterocycles. The van der Waals surface area contributed by atoms with Crippen LogP contribution in [0.25, 0.3) is 56.2 Å². The first-order chi connectivity index (χ1) is 19.8. The first-order valence-electron chi connectivity index (χ1n) is 13.2. The standard InChI is InChI=1S/C34H21N5O/c1-2-14-29-28(13-1)37-22-38(29)31-16-4-6-18-33(31)39-32-17-5-3-15-30(32)36-21-27(35-34(36)39)23-9-7-11-25(19-23)40-26-12-8-10-24(37)20-26/h1-21H. The lowest BCUT2D eigenvalue weighted by Crippen LogP contribution is -2.31. The zero-order valence-electron chi connectivity index (χ0n) is 21.3. The molecule has 6 nitrogen and oxygen atoms in total. The summed E-state index contributed by atoms with van der Waals surface area (Å²) in [6, 6.07) is 41.5. The summed E-state index contributed by atoms with van der Waals surface area (Å²) >= 11 is 0. The molecule has 3 aromatic heterocycles. The molecular weight excluding hydrogens is 494 g/mol. The highest BCUT2D eigenvalue weighted by Crippen LogP contribution is 2.33. The first kappa shape index (κ1) is 21.3. The second-order valence-corrected chi connectivity index (χ2v) is 10.00. The van der Waals surface area contributed by atoms with Crippen LogP contribution >= 0.6 is 0 Å². The summed E-state index contributed by atoms with van der Waals surface area (Å²) in [5.41, 5.74) is 9.15. The van der Waals surface area contributed by atoms with Crippen molar-refractivity contribution in [3.8, 4) is 39.8 Å². The summed E-state index contributed by atoms with van der Waals surface area (Å²) in [6.07, 6.45) is 5.76. The molecule has 1 aliphatic rings. The molecule has 40 heavy (non-hydrogen) atoms. The van der Waals surface area contributed by atoms with Gasteiger partial charge in [-0.3, -0.25) is 18.1 Å². The van der Waals surface area contributed by atoms with Crippen LogP contribution in [0.3, 0.4) is 0 Å². The highest BCUT2D eigenvalue weighted by molar-refractivity contribution is 5.86. The molecule has 0 saturated heterocycles. The minimum Gasteiger partial charge on any atom is -0.458 e. The Kier molecular flexibility index (Phi) is 4.24. The van der Waals surface area contributed by atoms with Gasteiger partial charge in [0.15, 0.2) is 0 Å². The molecule has 8 bridgehead atoms. The lowest BCUT2D eigenvalue weighted by atomic mass is 10.1. The van der Waals surface area contributed by atoms with E-state index < -0.39 is 0 Å². The van der Waals surface area contributed by atoms with E-state index in [1.165, 1.54) is 0 Å². The molecular formula is C34H21N5O. The van der Waals surface area contributed by atoms with Crippen LogP contribution in [-0.2, 0) is 0 Å². The molecule has 0 spiro atoms. The molecule has 5 aromatic carbocycles. The van der Waals surface area contributed by atoms with Crippen LogP contribution in [0, 0.1) is 6.33 Å². The SMILES string of the molecule is [c-]1n2c3ccccc3[n+]1-c1ccccc1-n1c3ccccc3n3cc(nc13)-c1cccc(c1)Oc1cccc-2c1. The number of hydrogen-bond acceptors (Lipinski definition) is 2. The molecule has 0 aliphatic carbocycles. The first-order valence-corrected chi connectivity index (χ1v) is 13.2. The molecule has 0 unspecified atom stereocenters. The molecule has 0 saturated carbocycles. The zero-order chi connectivity index (χ0) is 26.2. The molecule has 9 rings (SSSR count). The van der Waals surface area contributed by atoms with Crippen LogP contribution in [0.15, 0.2) is 128 Å². The van der Waals surface area contributed by atoms with Gasteiger partial charge in [-0.15, -0.1) is 0 Å². The number of nitrogens with zero attached hydrogens (tertiary/aromatic N) is 5. The molecule has 0 N–H and O–H groups in total. The fourth-order valence-electron chi connectivity index (χ4n) is 5.86. The van der Waals surface area contributed by atoms with E-state index in [2.05, 4.69) is 122 Å². The average molecular weight is 516 g/mol. The van der Waals surface area contributed by atoms with E-state index in [9.17, 15) is 0 Å². The maximum Gasteiger partial charge on any atom is 0.269 e. The number of aromatic nitrogens is 5. The number of para-hydroxylation sites is 6. The van der Waals surface area contributed by atoms with Crippen molar-refractivity contribution in [2.45, 2.75) is 0 Å². The van der Waals surface area contributed by atoms with Crippen molar-refractivity contribution in [1.82, 2.24) is 18.5 Å². The molecule has 0 fully saturated rings. The van der Waals surface area contributed by atoms with E-state index in [1.54, 1.807) is 0 Å². The molecule has 1 aliphatic heterocycles. The average Bonchev–Trinajstić information content (AvgIpc) is 3.68. The maximum atomic E-state index is 6.37. The summed E-state index contributed by atoms with van der Waals surface area (Å²) in [5, 5.41) is 0. The molecule has 0 atom stereocenters. The largest absolute Gasteiger partial charge is 0.458 e. The fraction of sp³-hybridized carbons (Fsp3) is 0. The van der Waals surface area contributed by atoms with Crippen molar-refractivity contribution in [2.24, 2.45) is 0 Å². The number of hydrogen-bond donors (Lipinski definition) is 0. The van der Waals surface area contributed by atoms with Gasteiger partial charge in [0, 0.05) is 11.8 Å². The summed E-state index contributed by atoms with van der Waals surface area (Å²) in [4.78, 5) is 5.18. The van der Waals surface area contributed by atoms with Crippen molar-refractivity contribution in [1.29, 1.82) is 0 Å². The van der Waals surface area contributed by atoms with Crippen molar-refractivity contribution in [3.05, 3.63) is 134 Å². The third-order valence-corrected chi connectivity index (χ3v) is 7.64. The van der Waals surface area contributed by atoms with E-state index >= 15 is 0 Å². The van der Waals surface area contributed by atoms with Crippen LogP contribution in [0.1, 0.15) is 0 Å². The maximum absolute atomic E-state index is 6.37. The van der Waals surface area contributed by atoms with Crippen LogP contribution in [0.2, 0.25) is 0 Å². The van der Waals surface area contributed by atoms with Gasteiger partial charge in [0.05, 0.1) is 44.8 Å². The molecule has 0 radical (unpaired) electrons. The van der Waals surface area contributed by atoms with Gasteiger partial charge < -0.3 is 4.74 Å². The smallest absolute Gasteiger partial charge is 0.269 e. The van der Waals surface area contributed by atoms with Crippen LogP contribution in [-0.4, -0.2) is 18.5 Å². The number of imidazole rings is 3. The van der Waals surface area contributed by atoms with Crippen molar-refractivity contribution in [3.63, 3.8) is 0 Å². The second-order valence-electron chi connectivity index (χ2n) is 10.00. The summed E-state index contributed by atoms with van der Waals surface area (Å²) < 4.78 is 15.0. The van der Waals surface area contributed by atoms with E-state index in [4.69, 9.17) is 9.72 Å². The minimum absolute atomic E-state index is 0.757. The van der Waals surface area contributed by atoms with Gasteiger partial charge in [0.2, 0.25) is 5.78 Å². The van der Waals surface area contributed by atoms with Gasteiger partial charge in [0.1, 0.15) is 11.5 Å². The summed E-state index contributed by atoms with van der Waals surface area (Å²) in [5.74, 6) is 2.36. The van der Waals surface area contributed by atoms with E-state index in [1.807, 2.05) is 30.3 Å². The van der Waals surface area contributed by atoms with E-state index in [0.717, 1.165) is 67.7 Å². The molecule has 8 aromatic rings. The van der Waals surface area contributed by atoms with E-state index in [0.29, 0.717) is 0 Å². The summed E-state index contributed by atoms with van der Waals surface area (Å²) in [7, 11) is 0. The lowest BCUT2D eigenvalue weighted by Gasteiger charge is -2.13. The minimum atomic E-state index is 0.757. The predicted molar refractivity (Wildman–Crippen MR) is 155 cm³/mol. The number of rotatable bonds is 0. The number of ether oxygens (including phenoxy) is 1. The van der Waals surface area contributed by atoms with Crippen LogP contribution < -0.4 is 9.30 Å². The van der Waals surface area contributed by atoms with Crippen LogP contribution in [0.4, 0.5) is 0 Å². The number of fused-ring (bicyclic) bond motifs is 18. The Balaban J connectivity index is 1.46. The Labute approximate surface area is 229 Å². The van der Waals surface area contributed by atoms with Gasteiger partial charge in [-0.2, -0.15) is 0 Å². The van der Waals surface area contributed by atoms with Gasteiger partial charge in [-0.25, -0.2) is 4.98 Å².